The maximum atomic E-state index is 7.94. The zero-order valence-corrected chi connectivity index (χ0v) is 4.41. The molecular formula is C2H6O2V. The van der Waals surface area contributed by atoms with Gasteiger partial charge in [0.05, 0.1) is 0 Å². The summed E-state index contributed by atoms with van der Waals surface area (Å²) in [4.78, 5) is 0. The van der Waals surface area contributed by atoms with Gasteiger partial charge in [-0.25, -0.2) is 0 Å². The van der Waals surface area contributed by atoms with Crippen LogP contribution in [0.2, 0.25) is 0 Å². The van der Waals surface area contributed by atoms with E-state index in [1.807, 2.05) is 6.92 Å². The van der Waals surface area contributed by atoms with Crippen LogP contribution in [0.15, 0.2) is 0 Å². The van der Waals surface area contributed by atoms with Gasteiger partial charge in [-0.3, -0.25) is 0 Å². The first-order valence-electron chi connectivity index (χ1n) is 1.38. The van der Waals surface area contributed by atoms with Crippen molar-refractivity contribution in [1.29, 1.82) is 0 Å². The molecular weight excluding hydrogens is 107 g/mol. The van der Waals surface area contributed by atoms with Crippen LogP contribution in [0.3, 0.4) is 0 Å². The molecule has 0 aliphatic heterocycles. The van der Waals surface area contributed by atoms with Crippen LogP contribution in [0.1, 0.15) is 6.92 Å². The first kappa shape index (κ1) is 5.50. The van der Waals surface area contributed by atoms with Crippen LogP contribution in [0.5, 0.6) is 0 Å². The van der Waals surface area contributed by atoms with E-state index in [1.165, 1.54) is 0 Å². The van der Waals surface area contributed by atoms with E-state index in [-0.39, 0.29) is 0 Å². The molecule has 0 saturated carbocycles. The number of hydrogen-bond acceptors (Lipinski definition) is 2. The van der Waals surface area contributed by atoms with Gasteiger partial charge in [0.2, 0.25) is 0 Å². The third kappa shape index (κ3) is 4.50. The van der Waals surface area contributed by atoms with Gasteiger partial charge in [0, 0.05) is 0 Å². The Morgan fingerprint density at radius 1 is 2.00 bits per heavy atom. The second kappa shape index (κ2) is 4.50. The molecule has 0 bridgehead atoms. The monoisotopic (exact) mass is 113 g/mol. The molecule has 5 heavy (non-hydrogen) atoms. The summed E-state index contributed by atoms with van der Waals surface area (Å²) >= 11 is -0.784. The summed E-state index contributed by atoms with van der Waals surface area (Å²) in [6, 6.07) is 0. The third-order valence-corrected chi connectivity index (χ3v) is 0.770. The van der Waals surface area contributed by atoms with Crippen molar-refractivity contribution in [2.45, 2.75) is 6.92 Å². The first-order valence-corrected chi connectivity index (χ1v) is 2.57. The van der Waals surface area contributed by atoms with E-state index in [1.54, 1.807) is 0 Å². The van der Waals surface area contributed by atoms with Gasteiger partial charge in [-0.05, 0) is 0 Å². The molecule has 0 aliphatic rings. The van der Waals surface area contributed by atoms with Gasteiger partial charge in [-0.1, -0.05) is 0 Å². The molecule has 1 N–H and O–H groups in total. The molecule has 0 saturated heterocycles. The molecule has 0 amide bonds. The Kier molecular flexibility index (Phi) is 4.96. The van der Waals surface area contributed by atoms with Gasteiger partial charge >= 0.3 is 38.2 Å². The van der Waals surface area contributed by atoms with Crippen molar-refractivity contribution in [2.75, 3.05) is 6.61 Å². The van der Waals surface area contributed by atoms with Gasteiger partial charge in [0.15, 0.2) is 0 Å². The Morgan fingerprint density at radius 3 is 2.60 bits per heavy atom. The minimum atomic E-state index is -0.784. The van der Waals surface area contributed by atoms with E-state index >= 15 is 0 Å². The fourth-order valence-corrected chi connectivity index (χ4v) is 0.238. The van der Waals surface area contributed by atoms with Crippen molar-refractivity contribution >= 4 is 0 Å². The molecule has 0 rings (SSSR count). The Bertz CT molecular complexity index is 15.1. The quantitative estimate of drug-likeness (QED) is 0.543. The van der Waals surface area contributed by atoms with Gasteiger partial charge in [-0.15, -0.1) is 0 Å². The Hall–Kier alpha value is 0.504. The molecule has 2 nitrogen and oxygen atoms in total. The van der Waals surface area contributed by atoms with E-state index < -0.39 is 17.0 Å². The second-order valence-electron chi connectivity index (χ2n) is 0.499. The van der Waals surface area contributed by atoms with Crippen molar-refractivity contribution in [3.8, 4) is 0 Å². The molecule has 0 aliphatic carbocycles. The standard InChI is InChI=1S/C2H5O.H2O.V/c1-2-3;;/h2H2,1H3;1H2;/q-1;;+2/p-1. The van der Waals surface area contributed by atoms with E-state index in [0.717, 1.165) is 0 Å². The summed E-state index contributed by atoms with van der Waals surface area (Å²) in [6.07, 6.45) is 0. The molecule has 0 unspecified atom stereocenters. The molecule has 0 atom stereocenters. The fraction of sp³-hybridized carbons (Fsp3) is 1.00. The molecule has 0 fully saturated rings. The van der Waals surface area contributed by atoms with Gasteiger partial charge in [0.1, 0.15) is 0 Å². The molecule has 0 heterocycles. The van der Waals surface area contributed by atoms with Crippen molar-refractivity contribution < 1.29 is 24.7 Å². The molecule has 0 aromatic rings. The van der Waals surface area contributed by atoms with Crippen molar-refractivity contribution in [3.63, 3.8) is 0 Å². The normalized spacial score (nSPS) is 7.60. The summed E-state index contributed by atoms with van der Waals surface area (Å²) in [7, 11) is 0. The average molecular weight is 113 g/mol. The zero-order chi connectivity index (χ0) is 4.12. The summed E-state index contributed by atoms with van der Waals surface area (Å²) in [5, 5.41) is 0. The Labute approximate surface area is 38.9 Å². The van der Waals surface area contributed by atoms with E-state index in [2.05, 4.69) is 3.66 Å². The Morgan fingerprint density at radius 2 is 2.60 bits per heavy atom. The van der Waals surface area contributed by atoms with Gasteiger partial charge < -0.3 is 0 Å². The SMILES string of the molecule is CC[O][V][OH]. The average Bonchev–Trinajstić information content (AvgIpc) is 1.41. The molecule has 0 spiro atoms. The van der Waals surface area contributed by atoms with Gasteiger partial charge in [-0.2, -0.15) is 0 Å². The van der Waals surface area contributed by atoms with Crippen LogP contribution < -0.4 is 0 Å². The summed E-state index contributed by atoms with van der Waals surface area (Å²) < 4.78 is 12.4. The number of hydrogen-bond donors (Lipinski definition) is 1. The summed E-state index contributed by atoms with van der Waals surface area (Å²) in [6.45, 7) is 2.49. The maximum absolute atomic E-state index is 7.94. The summed E-state index contributed by atoms with van der Waals surface area (Å²) in [5.41, 5.74) is 0. The van der Waals surface area contributed by atoms with Gasteiger partial charge in [0.25, 0.3) is 0 Å². The third-order valence-electron chi connectivity index (χ3n) is 0.187. The van der Waals surface area contributed by atoms with Crippen LogP contribution in [-0.2, 0) is 20.7 Å². The predicted molar refractivity (Wildman–Crippen MR) is 13.8 cm³/mol. The Balaban J connectivity index is 2.19. The van der Waals surface area contributed by atoms with Crippen LogP contribution in [0.25, 0.3) is 0 Å². The second-order valence-corrected chi connectivity index (χ2v) is 1.16. The minimum absolute atomic E-state index is 0.635. The number of rotatable bonds is 2. The zero-order valence-electron chi connectivity index (χ0n) is 3.01. The van der Waals surface area contributed by atoms with E-state index in [4.69, 9.17) is 4.03 Å². The predicted octanol–water partition coefficient (Wildman–Crippen LogP) is -0.0723. The summed E-state index contributed by atoms with van der Waals surface area (Å²) in [5.74, 6) is 0. The van der Waals surface area contributed by atoms with Crippen LogP contribution in [0.4, 0.5) is 0 Å². The van der Waals surface area contributed by atoms with Crippen LogP contribution in [0, 0.1) is 0 Å². The molecule has 0 aromatic carbocycles. The molecule has 31 valence electrons. The van der Waals surface area contributed by atoms with Crippen molar-refractivity contribution in [2.24, 2.45) is 0 Å². The van der Waals surface area contributed by atoms with Crippen molar-refractivity contribution in [1.82, 2.24) is 0 Å². The van der Waals surface area contributed by atoms with E-state index in [0.29, 0.717) is 6.61 Å². The fourth-order valence-electron chi connectivity index (χ4n) is 0.0577. The van der Waals surface area contributed by atoms with Crippen LogP contribution >= 0.6 is 0 Å². The van der Waals surface area contributed by atoms with Crippen molar-refractivity contribution in [3.05, 3.63) is 0 Å². The molecule has 0 radical (unpaired) electrons. The first-order chi connectivity index (χ1) is 2.41. The van der Waals surface area contributed by atoms with E-state index in [9.17, 15) is 0 Å². The molecule has 3 heteroatoms. The molecule has 0 aromatic heterocycles. The van der Waals surface area contributed by atoms with Crippen LogP contribution in [-0.4, -0.2) is 10.6 Å². The topological polar surface area (TPSA) is 29.5 Å².